The highest BCUT2D eigenvalue weighted by atomic mass is 31.2. The van der Waals surface area contributed by atoms with Crippen LogP contribution in [0.3, 0.4) is 0 Å². The standard InChI is InChI=1S/C68H132O17P2/c1-58(2)44-36-28-20-15-13-11-9-10-12-14-16-23-32-40-48-65(70)78-54-63(84-67(72)50-42-34-25-19-22-30-38-46-60(5)6)56-82-86(74,75)80-52-62(69)53-81-87(76,77)83-57-64(85-68(73)51-43-35-27-26-31-39-47-61(7)8)55-79-66(71)49-41-33-24-18-17-21-29-37-45-59(3)4/h58-64,69H,9-57H2,1-8H3,(H,74,75)(H,76,77)/t62?,63-,64-/m1/s1. The average Bonchev–Trinajstić information content (AvgIpc) is 3.64. The molecule has 0 saturated carbocycles. The maximum absolute atomic E-state index is 13.0. The summed E-state index contributed by atoms with van der Waals surface area (Å²) in [6.07, 6.45) is 39.3. The first-order chi connectivity index (χ1) is 41.6. The summed E-state index contributed by atoms with van der Waals surface area (Å²) in [6, 6.07) is 0. The number of carbonyl (C=O) groups is 4. The van der Waals surface area contributed by atoms with Crippen molar-refractivity contribution in [2.24, 2.45) is 23.7 Å². The van der Waals surface area contributed by atoms with Crippen LogP contribution in [-0.4, -0.2) is 96.7 Å². The van der Waals surface area contributed by atoms with E-state index in [2.05, 4.69) is 55.4 Å². The second-order valence-corrected chi connectivity index (χ2v) is 29.4. The number of phosphoric ester groups is 2. The summed E-state index contributed by atoms with van der Waals surface area (Å²) in [7, 11) is -9.89. The number of hydrogen-bond acceptors (Lipinski definition) is 15. The highest BCUT2D eigenvalue weighted by Gasteiger charge is 2.30. The molecule has 19 heteroatoms. The zero-order valence-corrected chi connectivity index (χ0v) is 58.4. The van der Waals surface area contributed by atoms with Gasteiger partial charge in [-0.2, -0.15) is 0 Å². The molecule has 17 nitrogen and oxygen atoms in total. The van der Waals surface area contributed by atoms with E-state index in [0.29, 0.717) is 37.5 Å². The van der Waals surface area contributed by atoms with E-state index in [0.717, 1.165) is 102 Å². The minimum absolute atomic E-state index is 0.101. The van der Waals surface area contributed by atoms with Crippen molar-refractivity contribution in [3.63, 3.8) is 0 Å². The van der Waals surface area contributed by atoms with Gasteiger partial charge in [0.1, 0.15) is 19.3 Å². The second kappa shape index (κ2) is 57.9. The van der Waals surface area contributed by atoms with E-state index in [-0.39, 0.29) is 25.7 Å². The first-order valence-corrected chi connectivity index (χ1v) is 38.2. The van der Waals surface area contributed by atoms with Gasteiger partial charge >= 0.3 is 39.5 Å². The minimum Gasteiger partial charge on any atom is -0.462 e. The number of aliphatic hydroxyl groups is 1. The molecule has 0 bridgehead atoms. The average molecular weight is 1280 g/mol. The Morgan fingerprint density at radius 3 is 0.713 bits per heavy atom. The molecule has 5 atom stereocenters. The lowest BCUT2D eigenvalue weighted by atomic mass is 10.0. The highest BCUT2D eigenvalue weighted by molar-refractivity contribution is 7.47. The molecular weight excluding hydrogens is 1150 g/mol. The maximum Gasteiger partial charge on any atom is 0.472 e. The Labute approximate surface area is 530 Å². The van der Waals surface area contributed by atoms with Gasteiger partial charge in [0.2, 0.25) is 0 Å². The smallest absolute Gasteiger partial charge is 0.462 e. The van der Waals surface area contributed by atoms with Gasteiger partial charge in [0, 0.05) is 25.7 Å². The monoisotopic (exact) mass is 1280 g/mol. The largest absolute Gasteiger partial charge is 0.472 e. The van der Waals surface area contributed by atoms with Crippen LogP contribution >= 0.6 is 15.6 Å². The van der Waals surface area contributed by atoms with Crippen LogP contribution in [0.2, 0.25) is 0 Å². The van der Waals surface area contributed by atoms with Gasteiger partial charge in [0.25, 0.3) is 0 Å². The number of hydrogen-bond donors (Lipinski definition) is 3. The fourth-order valence-electron chi connectivity index (χ4n) is 10.1. The van der Waals surface area contributed by atoms with Crippen LogP contribution in [-0.2, 0) is 65.4 Å². The number of aliphatic hydroxyl groups excluding tert-OH is 1. The van der Waals surface area contributed by atoms with Crippen LogP contribution in [0.5, 0.6) is 0 Å². The van der Waals surface area contributed by atoms with Crippen molar-refractivity contribution in [2.75, 3.05) is 39.6 Å². The lowest BCUT2D eigenvalue weighted by Crippen LogP contribution is -2.30. The molecule has 0 aromatic carbocycles. The van der Waals surface area contributed by atoms with Crippen LogP contribution in [0, 0.1) is 23.7 Å². The lowest BCUT2D eigenvalue weighted by molar-refractivity contribution is -0.161. The number of carbonyl (C=O) groups excluding carboxylic acids is 4. The second-order valence-electron chi connectivity index (χ2n) is 26.5. The Morgan fingerprint density at radius 1 is 0.287 bits per heavy atom. The molecular formula is C68H132O17P2. The fraction of sp³-hybridized carbons (Fsp3) is 0.941. The third-order valence-electron chi connectivity index (χ3n) is 15.6. The maximum atomic E-state index is 13.0. The van der Waals surface area contributed by atoms with E-state index in [1.807, 2.05) is 0 Å². The Bertz CT molecular complexity index is 1730. The number of ether oxygens (including phenoxy) is 4. The van der Waals surface area contributed by atoms with Crippen molar-refractivity contribution in [3.8, 4) is 0 Å². The van der Waals surface area contributed by atoms with Crippen LogP contribution in [0.25, 0.3) is 0 Å². The molecule has 0 radical (unpaired) electrons. The summed E-state index contributed by atoms with van der Waals surface area (Å²) in [5, 5.41) is 10.6. The van der Waals surface area contributed by atoms with Crippen LogP contribution in [0.4, 0.5) is 0 Å². The van der Waals surface area contributed by atoms with Gasteiger partial charge < -0.3 is 33.8 Å². The van der Waals surface area contributed by atoms with E-state index in [1.54, 1.807) is 0 Å². The van der Waals surface area contributed by atoms with Gasteiger partial charge in [0.05, 0.1) is 26.4 Å². The zero-order chi connectivity index (χ0) is 64.7. The van der Waals surface area contributed by atoms with Gasteiger partial charge in [-0.3, -0.25) is 37.3 Å². The molecule has 0 heterocycles. The van der Waals surface area contributed by atoms with E-state index >= 15 is 0 Å². The SMILES string of the molecule is CC(C)CCCCCCCCCCCCCCCCC(=O)OC[C@H](COP(=O)(O)OCC(O)COP(=O)(O)OC[C@@H](COC(=O)CCCCCCCCCCC(C)C)OC(=O)CCCCCCCCC(C)C)OC(=O)CCCCCCCCCC(C)C. The minimum atomic E-state index is -4.95. The quantitative estimate of drug-likeness (QED) is 0.0222. The third kappa shape index (κ3) is 62.6. The van der Waals surface area contributed by atoms with E-state index < -0.39 is 97.5 Å². The van der Waals surface area contributed by atoms with Crippen molar-refractivity contribution in [1.29, 1.82) is 0 Å². The van der Waals surface area contributed by atoms with E-state index in [4.69, 9.17) is 37.0 Å². The molecule has 3 unspecified atom stereocenters. The zero-order valence-electron chi connectivity index (χ0n) is 56.6. The molecule has 0 fully saturated rings. The molecule has 0 spiro atoms. The first-order valence-electron chi connectivity index (χ1n) is 35.2. The van der Waals surface area contributed by atoms with Gasteiger partial charge in [-0.05, 0) is 49.4 Å². The summed E-state index contributed by atoms with van der Waals surface area (Å²) in [4.78, 5) is 72.3. The van der Waals surface area contributed by atoms with Gasteiger partial charge in [0.15, 0.2) is 12.2 Å². The Morgan fingerprint density at radius 2 is 0.483 bits per heavy atom. The summed E-state index contributed by atoms with van der Waals surface area (Å²) >= 11 is 0. The molecule has 0 saturated heterocycles. The Hall–Kier alpha value is -1.94. The van der Waals surface area contributed by atoms with Crippen LogP contribution in [0.15, 0.2) is 0 Å². The van der Waals surface area contributed by atoms with Crippen LogP contribution in [0.1, 0.15) is 331 Å². The first kappa shape index (κ1) is 85.1. The van der Waals surface area contributed by atoms with Gasteiger partial charge in [-0.1, -0.05) is 280 Å². The molecule has 0 amide bonds. The van der Waals surface area contributed by atoms with Gasteiger partial charge in [-0.25, -0.2) is 9.13 Å². The molecule has 516 valence electrons. The van der Waals surface area contributed by atoms with E-state index in [1.165, 1.54) is 135 Å². The molecule has 0 aliphatic heterocycles. The number of esters is 4. The van der Waals surface area contributed by atoms with E-state index in [9.17, 15) is 43.2 Å². The molecule has 87 heavy (non-hydrogen) atoms. The molecule has 0 aliphatic rings. The summed E-state index contributed by atoms with van der Waals surface area (Å²) in [5.74, 6) is 0.752. The number of phosphoric acid groups is 2. The Kier molecular flexibility index (Phi) is 56.6. The van der Waals surface area contributed by atoms with Crippen molar-refractivity contribution in [3.05, 3.63) is 0 Å². The fourth-order valence-corrected chi connectivity index (χ4v) is 11.7. The van der Waals surface area contributed by atoms with Crippen LogP contribution < -0.4 is 0 Å². The molecule has 0 aromatic heterocycles. The molecule has 0 aliphatic carbocycles. The summed E-state index contributed by atoms with van der Waals surface area (Å²) < 4.78 is 68.1. The predicted octanol–water partition coefficient (Wildman–Crippen LogP) is 18.9. The summed E-state index contributed by atoms with van der Waals surface area (Å²) in [6.45, 7) is 14.0. The molecule has 0 rings (SSSR count). The van der Waals surface area contributed by atoms with Gasteiger partial charge in [-0.15, -0.1) is 0 Å². The predicted molar refractivity (Wildman–Crippen MR) is 349 cm³/mol. The highest BCUT2D eigenvalue weighted by Crippen LogP contribution is 2.45. The molecule has 0 aromatic rings. The molecule has 3 N–H and O–H groups in total. The third-order valence-corrected chi connectivity index (χ3v) is 17.5. The van der Waals surface area contributed by atoms with Crippen molar-refractivity contribution in [2.45, 2.75) is 350 Å². The Balaban J connectivity index is 5.18. The lowest BCUT2D eigenvalue weighted by Gasteiger charge is -2.21. The normalized spacial score (nSPS) is 14.3. The number of unbranched alkanes of at least 4 members (excludes halogenated alkanes) is 31. The van der Waals surface area contributed by atoms with Crippen molar-refractivity contribution >= 4 is 39.5 Å². The summed E-state index contributed by atoms with van der Waals surface area (Å²) in [5.41, 5.74) is 0. The van der Waals surface area contributed by atoms with Crippen molar-refractivity contribution in [1.82, 2.24) is 0 Å². The topological polar surface area (TPSA) is 237 Å². The number of rotatable bonds is 65. The van der Waals surface area contributed by atoms with Crippen molar-refractivity contribution < 1.29 is 80.2 Å².